The van der Waals surface area contributed by atoms with Crippen LogP contribution < -0.4 is 10.6 Å². The molecule has 1 aliphatic heterocycles. The van der Waals surface area contributed by atoms with Crippen molar-refractivity contribution in [1.29, 1.82) is 0 Å². The van der Waals surface area contributed by atoms with Gasteiger partial charge in [-0.05, 0) is 19.3 Å². The molecule has 15 heteroatoms. The van der Waals surface area contributed by atoms with E-state index in [1.54, 1.807) is 23.3 Å². The van der Waals surface area contributed by atoms with Crippen LogP contribution in [0.15, 0.2) is 29.4 Å². The molecular formula is C28H37N9O6. The number of nitrogens with zero attached hydrogens (tertiary/aromatic N) is 7. The second-order valence-electron chi connectivity index (χ2n) is 10.4. The highest BCUT2D eigenvalue weighted by atomic mass is 16.6. The minimum Gasteiger partial charge on any atom is -0.457 e. The molecule has 0 unspecified atom stereocenters. The zero-order valence-corrected chi connectivity index (χ0v) is 24.7. The zero-order valence-electron chi connectivity index (χ0n) is 24.7. The molecule has 0 amide bonds. The molecule has 0 spiro atoms. The second kappa shape index (κ2) is 13.6. The van der Waals surface area contributed by atoms with Crippen LogP contribution >= 0.6 is 0 Å². The standard InChI is InChI=1S/C28H37N9O6/c1-5-8-18-11-20(43-35-18)22-23(40-15-38)24(41-16-39)27(42-22)37-14-31-21-25(32-17(6-2)7-3)33-28(34-26(21)37)29-10-9-19-12-36(4)13-30-19/h11-17,22-24,27H,5-10H2,1-4H3,(H2,29,32,33,34)/t22-,23+,24-,27-/m1/s1. The Labute approximate surface area is 248 Å². The number of carbonyl (C=O) groups excluding carboxylic acids is 2. The molecule has 43 heavy (non-hydrogen) atoms. The van der Waals surface area contributed by atoms with Gasteiger partial charge in [-0.25, -0.2) is 9.97 Å². The van der Waals surface area contributed by atoms with E-state index in [1.165, 1.54) is 0 Å². The van der Waals surface area contributed by atoms with E-state index in [0.717, 1.165) is 30.7 Å². The molecule has 1 aliphatic rings. The normalized spacial score (nSPS) is 20.0. The van der Waals surface area contributed by atoms with Gasteiger partial charge in [-0.2, -0.15) is 9.97 Å². The number of rotatable bonds is 16. The minimum atomic E-state index is -1.03. The smallest absolute Gasteiger partial charge is 0.293 e. The Morgan fingerprint density at radius 1 is 1.02 bits per heavy atom. The first-order valence-electron chi connectivity index (χ1n) is 14.5. The lowest BCUT2D eigenvalue weighted by molar-refractivity contribution is -0.151. The Balaban J connectivity index is 1.51. The van der Waals surface area contributed by atoms with Crippen LogP contribution in [-0.4, -0.2) is 72.0 Å². The van der Waals surface area contributed by atoms with Gasteiger partial charge in [0.25, 0.3) is 12.9 Å². The topological polar surface area (TPSA) is 173 Å². The van der Waals surface area contributed by atoms with Gasteiger partial charge in [0.2, 0.25) is 5.95 Å². The fourth-order valence-corrected chi connectivity index (χ4v) is 5.22. The largest absolute Gasteiger partial charge is 0.457 e. The fraction of sp³-hybridized carbons (Fsp3) is 0.536. The van der Waals surface area contributed by atoms with Gasteiger partial charge >= 0.3 is 0 Å². The van der Waals surface area contributed by atoms with Crippen molar-refractivity contribution >= 4 is 35.9 Å². The molecule has 2 N–H and O–H groups in total. The predicted molar refractivity (Wildman–Crippen MR) is 154 cm³/mol. The molecule has 5 heterocycles. The summed E-state index contributed by atoms with van der Waals surface area (Å²) in [5, 5.41) is 10.9. The van der Waals surface area contributed by atoms with E-state index in [2.05, 4.69) is 39.6 Å². The number of carbonyl (C=O) groups is 2. The van der Waals surface area contributed by atoms with Crippen LogP contribution in [0.25, 0.3) is 11.2 Å². The van der Waals surface area contributed by atoms with E-state index in [-0.39, 0.29) is 6.04 Å². The molecule has 0 saturated carbocycles. The number of hydrogen-bond donors (Lipinski definition) is 2. The third-order valence-corrected chi connectivity index (χ3v) is 7.42. The van der Waals surface area contributed by atoms with Crippen LogP contribution in [0.4, 0.5) is 11.8 Å². The molecule has 230 valence electrons. The predicted octanol–water partition coefficient (Wildman–Crippen LogP) is 3.11. The lowest BCUT2D eigenvalue weighted by atomic mass is 10.1. The highest BCUT2D eigenvalue weighted by Crippen LogP contribution is 2.43. The Hall–Kier alpha value is -4.53. The fourth-order valence-electron chi connectivity index (χ4n) is 5.22. The van der Waals surface area contributed by atoms with Crippen LogP contribution in [0.3, 0.4) is 0 Å². The Morgan fingerprint density at radius 3 is 2.51 bits per heavy atom. The monoisotopic (exact) mass is 595 g/mol. The average molecular weight is 596 g/mol. The van der Waals surface area contributed by atoms with Crippen LogP contribution in [-0.2, 0) is 43.7 Å². The summed E-state index contributed by atoms with van der Waals surface area (Å²) in [6.07, 6.45) is 5.39. The molecule has 0 aromatic carbocycles. The number of aromatic nitrogens is 7. The molecule has 1 fully saturated rings. The van der Waals surface area contributed by atoms with E-state index in [1.807, 2.05) is 24.7 Å². The lowest BCUT2D eigenvalue weighted by Gasteiger charge is -2.21. The number of aryl methyl sites for hydroxylation is 2. The Bertz CT molecular complexity index is 1510. The van der Waals surface area contributed by atoms with Crippen LogP contribution in [0, 0.1) is 0 Å². The van der Waals surface area contributed by atoms with Crippen molar-refractivity contribution in [2.24, 2.45) is 7.05 Å². The molecule has 0 aliphatic carbocycles. The lowest BCUT2D eigenvalue weighted by Crippen LogP contribution is -2.34. The summed E-state index contributed by atoms with van der Waals surface area (Å²) in [6.45, 7) is 7.36. The summed E-state index contributed by atoms with van der Waals surface area (Å²) in [5.41, 5.74) is 2.62. The molecule has 15 nitrogen and oxygen atoms in total. The molecule has 4 aromatic heterocycles. The van der Waals surface area contributed by atoms with E-state index in [9.17, 15) is 9.59 Å². The number of anilines is 2. The highest BCUT2D eigenvalue weighted by molar-refractivity contribution is 5.84. The van der Waals surface area contributed by atoms with Crippen molar-refractivity contribution in [3.63, 3.8) is 0 Å². The molecule has 4 aromatic rings. The Morgan fingerprint density at radius 2 is 1.81 bits per heavy atom. The van der Waals surface area contributed by atoms with Crippen molar-refractivity contribution in [3.05, 3.63) is 42.1 Å². The van der Waals surface area contributed by atoms with Crippen molar-refractivity contribution in [2.75, 3.05) is 17.2 Å². The molecule has 0 bridgehead atoms. The van der Waals surface area contributed by atoms with Gasteiger partial charge in [-0.1, -0.05) is 32.3 Å². The van der Waals surface area contributed by atoms with Gasteiger partial charge in [0.15, 0.2) is 47.3 Å². The summed E-state index contributed by atoms with van der Waals surface area (Å²) >= 11 is 0. The van der Waals surface area contributed by atoms with E-state index < -0.39 is 24.5 Å². The van der Waals surface area contributed by atoms with Gasteiger partial charge in [0.1, 0.15) is 0 Å². The summed E-state index contributed by atoms with van der Waals surface area (Å²) in [5.74, 6) is 1.28. The van der Waals surface area contributed by atoms with Gasteiger partial charge in [0.05, 0.1) is 24.0 Å². The number of nitrogens with one attached hydrogen (secondary N) is 2. The van der Waals surface area contributed by atoms with E-state index >= 15 is 0 Å². The maximum absolute atomic E-state index is 11.6. The van der Waals surface area contributed by atoms with Gasteiger partial charge in [0, 0.05) is 38.3 Å². The molecule has 4 atom stereocenters. The molecular weight excluding hydrogens is 558 g/mol. The first-order valence-corrected chi connectivity index (χ1v) is 14.5. The van der Waals surface area contributed by atoms with Crippen molar-refractivity contribution in [1.82, 2.24) is 34.2 Å². The SMILES string of the molecule is CCCc1cc([C@H]2O[C@@H](n3cnc4c(NC(CC)CC)nc(NCCc5cn(C)cn5)nc43)[C@H](OC=O)[C@H]2OC=O)on1. The van der Waals surface area contributed by atoms with Crippen molar-refractivity contribution in [3.8, 4) is 0 Å². The van der Waals surface area contributed by atoms with Crippen LogP contribution in [0.1, 0.15) is 69.5 Å². The Kier molecular flexibility index (Phi) is 9.49. The van der Waals surface area contributed by atoms with E-state index in [4.69, 9.17) is 28.7 Å². The first kappa shape index (κ1) is 29.9. The van der Waals surface area contributed by atoms with Gasteiger partial charge in [-0.3, -0.25) is 14.2 Å². The average Bonchev–Trinajstić information content (AvgIpc) is 3.80. The number of fused-ring (bicyclic) bond motifs is 1. The second-order valence-corrected chi connectivity index (χ2v) is 10.4. The van der Waals surface area contributed by atoms with Crippen molar-refractivity contribution < 1.29 is 28.3 Å². The maximum atomic E-state index is 11.6. The summed E-state index contributed by atoms with van der Waals surface area (Å²) in [6, 6.07) is 1.92. The summed E-state index contributed by atoms with van der Waals surface area (Å²) in [7, 11) is 1.92. The summed E-state index contributed by atoms with van der Waals surface area (Å²) < 4.78 is 26.3. The first-order chi connectivity index (χ1) is 21.0. The number of imidazole rings is 2. The molecule has 5 rings (SSSR count). The number of hydrogen-bond acceptors (Lipinski definition) is 13. The van der Waals surface area contributed by atoms with Crippen molar-refractivity contribution in [2.45, 2.75) is 83.5 Å². The highest BCUT2D eigenvalue weighted by Gasteiger charge is 2.51. The molecule has 1 saturated heterocycles. The minimum absolute atomic E-state index is 0.164. The quantitative estimate of drug-likeness (QED) is 0.181. The van der Waals surface area contributed by atoms with Crippen LogP contribution in [0.5, 0.6) is 0 Å². The third-order valence-electron chi connectivity index (χ3n) is 7.42. The zero-order chi connectivity index (χ0) is 30.3. The molecule has 0 radical (unpaired) electrons. The summed E-state index contributed by atoms with van der Waals surface area (Å²) in [4.78, 5) is 41.6. The van der Waals surface area contributed by atoms with E-state index in [0.29, 0.717) is 61.0 Å². The van der Waals surface area contributed by atoms with Gasteiger partial charge in [-0.15, -0.1) is 0 Å². The van der Waals surface area contributed by atoms with Gasteiger partial charge < -0.3 is 33.9 Å². The maximum Gasteiger partial charge on any atom is 0.293 e. The number of ether oxygens (including phenoxy) is 3. The third kappa shape index (κ3) is 6.45. The van der Waals surface area contributed by atoms with Crippen LogP contribution in [0.2, 0.25) is 0 Å².